The second-order valence-electron chi connectivity index (χ2n) is 3.10. The van der Waals surface area contributed by atoms with Gasteiger partial charge in [0.15, 0.2) is 5.69 Å². The number of nitrogens with zero attached hydrogens (tertiary/aromatic N) is 2. The molecule has 1 heterocycles. The molecule has 0 amide bonds. The van der Waals surface area contributed by atoms with E-state index in [9.17, 15) is 13.2 Å². The zero-order chi connectivity index (χ0) is 12.2. The molecule has 90 valence electrons. The molecule has 1 aromatic rings. The van der Waals surface area contributed by atoms with Crippen LogP contribution in [0.1, 0.15) is 17.7 Å². The molecule has 0 aliphatic heterocycles. The molecule has 0 bridgehead atoms. The van der Waals surface area contributed by atoms with Gasteiger partial charge in [0.2, 0.25) is 5.88 Å². The molecule has 0 atom stereocenters. The van der Waals surface area contributed by atoms with E-state index in [0.717, 1.165) is 6.33 Å². The Hall–Kier alpha value is -1.37. The van der Waals surface area contributed by atoms with Crippen LogP contribution in [-0.4, -0.2) is 23.6 Å². The third-order valence-corrected chi connectivity index (χ3v) is 2.00. The summed E-state index contributed by atoms with van der Waals surface area (Å²) in [7, 11) is 1.27. The van der Waals surface area contributed by atoms with E-state index in [1.54, 1.807) is 0 Å². The maximum absolute atomic E-state index is 12.6. The molecule has 0 aliphatic rings. The van der Waals surface area contributed by atoms with Gasteiger partial charge >= 0.3 is 6.18 Å². The first-order valence-electron chi connectivity index (χ1n) is 4.65. The molecule has 0 fully saturated rings. The van der Waals surface area contributed by atoms with Gasteiger partial charge in [0.1, 0.15) is 6.33 Å². The molecule has 0 saturated heterocycles. The Balaban J connectivity index is 3.15. The van der Waals surface area contributed by atoms with Gasteiger partial charge in [0.05, 0.1) is 7.11 Å². The Morgan fingerprint density at radius 2 is 2.06 bits per heavy atom. The van der Waals surface area contributed by atoms with E-state index in [1.165, 1.54) is 7.11 Å². The molecule has 2 N–H and O–H groups in total. The summed E-state index contributed by atoms with van der Waals surface area (Å²) in [5, 5.41) is 0. The van der Waals surface area contributed by atoms with Crippen LogP contribution in [-0.2, 0) is 12.6 Å². The third-order valence-electron chi connectivity index (χ3n) is 2.00. The Bertz CT molecular complexity index is 354. The van der Waals surface area contributed by atoms with Crippen LogP contribution >= 0.6 is 0 Å². The second-order valence-corrected chi connectivity index (χ2v) is 3.10. The molecular weight excluding hydrogens is 223 g/mol. The Kier molecular flexibility index (Phi) is 4.05. The molecule has 0 saturated carbocycles. The monoisotopic (exact) mass is 235 g/mol. The van der Waals surface area contributed by atoms with Crippen molar-refractivity contribution in [1.29, 1.82) is 0 Å². The number of methoxy groups -OCH3 is 1. The fourth-order valence-electron chi connectivity index (χ4n) is 1.32. The highest BCUT2D eigenvalue weighted by atomic mass is 19.4. The largest absolute Gasteiger partial charge is 0.481 e. The quantitative estimate of drug-likeness (QED) is 0.856. The number of alkyl halides is 3. The SMILES string of the molecule is COc1ncnc(C(F)(F)F)c1CCCN. The first-order valence-corrected chi connectivity index (χ1v) is 4.65. The predicted molar refractivity (Wildman–Crippen MR) is 51.0 cm³/mol. The first kappa shape index (κ1) is 12.7. The summed E-state index contributed by atoms with van der Waals surface area (Å²) in [6.45, 7) is 0.301. The molecule has 0 aromatic carbocycles. The summed E-state index contributed by atoms with van der Waals surface area (Å²) in [6, 6.07) is 0. The normalized spacial score (nSPS) is 11.6. The van der Waals surface area contributed by atoms with Gasteiger partial charge < -0.3 is 10.5 Å². The van der Waals surface area contributed by atoms with Crippen molar-refractivity contribution in [2.24, 2.45) is 5.73 Å². The van der Waals surface area contributed by atoms with Crippen molar-refractivity contribution in [2.45, 2.75) is 19.0 Å². The van der Waals surface area contributed by atoms with Gasteiger partial charge in [0, 0.05) is 5.56 Å². The summed E-state index contributed by atoms with van der Waals surface area (Å²) in [5.74, 6) is -0.0456. The van der Waals surface area contributed by atoms with Gasteiger partial charge in [-0.05, 0) is 19.4 Å². The van der Waals surface area contributed by atoms with E-state index in [4.69, 9.17) is 10.5 Å². The van der Waals surface area contributed by atoms with E-state index in [0.29, 0.717) is 13.0 Å². The van der Waals surface area contributed by atoms with E-state index in [-0.39, 0.29) is 17.9 Å². The number of nitrogens with two attached hydrogens (primary N) is 1. The summed E-state index contributed by atoms with van der Waals surface area (Å²) in [6.07, 6.45) is -3.09. The molecule has 0 aliphatic carbocycles. The first-order chi connectivity index (χ1) is 7.50. The van der Waals surface area contributed by atoms with Gasteiger partial charge in [-0.15, -0.1) is 0 Å². The van der Waals surface area contributed by atoms with Crippen molar-refractivity contribution in [3.05, 3.63) is 17.6 Å². The fraction of sp³-hybridized carbons (Fsp3) is 0.556. The van der Waals surface area contributed by atoms with Crippen LogP contribution in [0.25, 0.3) is 0 Å². The number of hydrogen-bond donors (Lipinski definition) is 1. The Morgan fingerprint density at radius 3 is 2.56 bits per heavy atom. The van der Waals surface area contributed by atoms with Gasteiger partial charge in [-0.3, -0.25) is 0 Å². The summed E-state index contributed by atoms with van der Waals surface area (Å²) >= 11 is 0. The van der Waals surface area contributed by atoms with Gasteiger partial charge in [0.25, 0.3) is 0 Å². The lowest BCUT2D eigenvalue weighted by molar-refractivity contribution is -0.142. The van der Waals surface area contributed by atoms with Crippen LogP contribution in [0.2, 0.25) is 0 Å². The van der Waals surface area contributed by atoms with Crippen molar-refractivity contribution in [2.75, 3.05) is 13.7 Å². The minimum Gasteiger partial charge on any atom is -0.481 e. The number of ether oxygens (including phenoxy) is 1. The zero-order valence-corrected chi connectivity index (χ0v) is 8.71. The zero-order valence-electron chi connectivity index (χ0n) is 8.71. The molecule has 1 rings (SSSR count). The van der Waals surface area contributed by atoms with Gasteiger partial charge in [-0.1, -0.05) is 0 Å². The molecule has 0 spiro atoms. The van der Waals surface area contributed by atoms with Crippen molar-refractivity contribution in [1.82, 2.24) is 9.97 Å². The van der Waals surface area contributed by atoms with Crippen LogP contribution < -0.4 is 10.5 Å². The fourth-order valence-corrected chi connectivity index (χ4v) is 1.32. The lowest BCUT2D eigenvalue weighted by atomic mass is 10.1. The minimum atomic E-state index is -4.50. The van der Waals surface area contributed by atoms with Crippen molar-refractivity contribution < 1.29 is 17.9 Å². The van der Waals surface area contributed by atoms with Gasteiger partial charge in [-0.2, -0.15) is 13.2 Å². The molecule has 0 radical (unpaired) electrons. The molecule has 4 nitrogen and oxygen atoms in total. The lowest BCUT2D eigenvalue weighted by Gasteiger charge is -2.13. The number of halogens is 3. The summed E-state index contributed by atoms with van der Waals surface area (Å²) in [4.78, 5) is 6.90. The minimum absolute atomic E-state index is 0.0389. The van der Waals surface area contributed by atoms with E-state index in [2.05, 4.69) is 9.97 Å². The molecular formula is C9H12F3N3O. The van der Waals surface area contributed by atoms with Crippen LogP contribution in [0.5, 0.6) is 5.88 Å². The highest BCUT2D eigenvalue weighted by Crippen LogP contribution is 2.33. The maximum atomic E-state index is 12.6. The number of aromatic nitrogens is 2. The Labute approximate surface area is 90.6 Å². The Morgan fingerprint density at radius 1 is 1.38 bits per heavy atom. The highest BCUT2D eigenvalue weighted by Gasteiger charge is 2.36. The topological polar surface area (TPSA) is 61.0 Å². The van der Waals surface area contributed by atoms with Crippen molar-refractivity contribution >= 4 is 0 Å². The maximum Gasteiger partial charge on any atom is 0.433 e. The van der Waals surface area contributed by atoms with E-state index >= 15 is 0 Å². The standard InChI is InChI=1S/C9H12F3N3O/c1-16-8-6(3-2-4-13)7(9(10,11)12)14-5-15-8/h5H,2-4,13H2,1H3. The van der Waals surface area contributed by atoms with Crippen molar-refractivity contribution in [3.8, 4) is 5.88 Å². The van der Waals surface area contributed by atoms with Crippen LogP contribution in [0, 0.1) is 0 Å². The molecule has 0 unspecified atom stereocenters. The van der Waals surface area contributed by atoms with Crippen LogP contribution in [0.3, 0.4) is 0 Å². The summed E-state index contributed by atoms with van der Waals surface area (Å²) < 4.78 is 42.6. The van der Waals surface area contributed by atoms with Gasteiger partial charge in [-0.25, -0.2) is 9.97 Å². The second kappa shape index (κ2) is 5.11. The summed E-state index contributed by atoms with van der Waals surface area (Å²) in [5.41, 5.74) is 4.27. The van der Waals surface area contributed by atoms with E-state index < -0.39 is 11.9 Å². The van der Waals surface area contributed by atoms with Crippen LogP contribution in [0.4, 0.5) is 13.2 Å². The smallest absolute Gasteiger partial charge is 0.433 e. The average molecular weight is 235 g/mol. The average Bonchev–Trinajstić information content (AvgIpc) is 2.24. The van der Waals surface area contributed by atoms with Crippen LogP contribution in [0.15, 0.2) is 6.33 Å². The molecule has 1 aromatic heterocycles. The lowest BCUT2D eigenvalue weighted by Crippen LogP contribution is -2.15. The van der Waals surface area contributed by atoms with Crippen molar-refractivity contribution in [3.63, 3.8) is 0 Å². The third kappa shape index (κ3) is 2.82. The molecule has 16 heavy (non-hydrogen) atoms. The number of rotatable bonds is 4. The van der Waals surface area contributed by atoms with E-state index in [1.807, 2.05) is 0 Å². The molecule has 7 heteroatoms. The number of hydrogen-bond acceptors (Lipinski definition) is 4. The highest BCUT2D eigenvalue weighted by molar-refractivity contribution is 5.31. The predicted octanol–water partition coefficient (Wildman–Crippen LogP) is 1.40.